The number of nitrogens with one attached hydrogen (secondary N) is 2. The SMILES string of the molecule is CN=C(NCCCOc1ccccc1)NCc1ccc(OCCOC)cc1. The minimum absolute atomic E-state index is 0.554. The maximum atomic E-state index is 5.68. The molecule has 27 heavy (non-hydrogen) atoms. The molecule has 0 fully saturated rings. The minimum Gasteiger partial charge on any atom is -0.494 e. The fourth-order valence-electron chi connectivity index (χ4n) is 2.34. The molecule has 2 aromatic carbocycles. The number of methoxy groups -OCH3 is 1. The smallest absolute Gasteiger partial charge is 0.191 e. The van der Waals surface area contributed by atoms with Crippen LogP contribution in [0.1, 0.15) is 12.0 Å². The van der Waals surface area contributed by atoms with Gasteiger partial charge in [0, 0.05) is 27.2 Å². The molecule has 0 spiro atoms. The lowest BCUT2D eigenvalue weighted by molar-refractivity contribution is 0.146. The van der Waals surface area contributed by atoms with Gasteiger partial charge in [-0.2, -0.15) is 0 Å². The maximum absolute atomic E-state index is 5.68. The summed E-state index contributed by atoms with van der Waals surface area (Å²) in [5.74, 6) is 2.52. The molecule has 146 valence electrons. The van der Waals surface area contributed by atoms with Crippen LogP contribution in [-0.2, 0) is 11.3 Å². The summed E-state index contributed by atoms with van der Waals surface area (Å²) in [5, 5.41) is 6.60. The Hall–Kier alpha value is -2.73. The second-order valence-corrected chi connectivity index (χ2v) is 5.85. The van der Waals surface area contributed by atoms with Crippen LogP contribution in [0.25, 0.3) is 0 Å². The van der Waals surface area contributed by atoms with Crippen LogP contribution >= 0.6 is 0 Å². The number of ether oxygens (including phenoxy) is 3. The molecule has 0 bridgehead atoms. The zero-order valence-electron chi connectivity index (χ0n) is 16.1. The van der Waals surface area contributed by atoms with Crippen LogP contribution in [0.3, 0.4) is 0 Å². The van der Waals surface area contributed by atoms with Gasteiger partial charge in [-0.1, -0.05) is 30.3 Å². The molecule has 6 nitrogen and oxygen atoms in total. The fraction of sp³-hybridized carbons (Fsp3) is 0.381. The molecule has 0 amide bonds. The van der Waals surface area contributed by atoms with Crippen molar-refractivity contribution in [3.05, 3.63) is 60.2 Å². The lowest BCUT2D eigenvalue weighted by atomic mass is 10.2. The number of hydrogen-bond acceptors (Lipinski definition) is 4. The number of guanidine groups is 1. The summed E-state index contributed by atoms with van der Waals surface area (Å²) in [4.78, 5) is 4.24. The van der Waals surface area contributed by atoms with E-state index in [1.54, 1.807) is 14.2 Å². The average Bonchev–Trinajstić information content (AvgIpc) is 2.72. The first-order valence-corrected chi connectivity index (χ1v) is 9.15. The molecule has 0 aliphatic carbocycles. The molecule has 2 N–H and O–H groups in total. The molecule has 0 saturated heterocycles. The highest BCUT2D eigenvalue weighted by molar-refractivity contribution is 5.79. The summed E-state index contributed by atoms with van der Waals surface area (Å²) in [6.45, 7) is 3.29. The highest BCUT2D eigenvalue weighted by atomic mass is 16.5. The molecule has 6 heteroatoms. The zero-order chi connectivity index (χ0) is 19.2. The Bertz CT molecular complexity index is 660. The van der Waals surface area contributed by atoms with Crippen molar-refractivity contribution < 1.29 is 14.2 Å². The fourth-order valence-corrected chi connectivity index (χ4v) is 2.34. The van der Waals surface area contributed by atoms with Crippen molar-refractivity contribution >= 4 is 5.96 Å². The number of rotatable bonds is 11. The largest absolute Gasteiger partial charge is 0.494 e. The topological polar surface area (TPSA) is 64.1 Å². The average molecular weight is 371 g/mol. The number of nitrogens with zero attached hydrogens (tertiary/aromatic N) is 1. The predicted molar refractivity (Wildman–Crippen MR) is 109 cm³/mol. The molecule has 0 aliphatic rings. The zero-order valence-corrected chi connectivity index (χ0v) is 16.1. The van der Waals surface area contributed by atoms with E-state index in [4.69, 9.17) is 14.2 Å². The normalized spacial score (nSPS) is 11.1. The highest BCUT2D eigenvalue weighted by Crippen LogP contribution is 2.12. The summed E-state index contributed by atoms with van der Waals surface area (Å²) < 4.78 is 16.2. The van der Waals surface area contributed by atoms with Gasteiger partial charge in [-0.15, -0.1) is 0 Å². The van der Waals surface area contributed by atoms with Crippen LogP contribution in [0, 0.1) is 0 Å². The maximum Gasteiger partial charge on any atom is 0.191 e. The standard InChI is InChI=1S/C21H29N3O3/c1-22-21(23-13-6-14-26-19-7-4-3-5-8-19)24-17-18-9-11-20(12-10-18)27-16-15-25-2/h3-5,7-12H,6,13-17H2,1-2H3,(H2,22,23,24). The summed E-state index contributed by atoms with van der Waals surface area (Å²) in [6.07, 6.45) is 0.892. The molecule has 0 radical (unpaired) electrons. The van der Waals surface area contributed by atoms with Crippen LogP contribution in [0.5, 0.6) is 11.5 Å². The summed E-state index contributed by atoms with van der Waals surface area (Å²) in [6, 6.07) is 17.8. The summed E-state index contributed by atoms with van der Waals surface area (Å²) in [7, 11) is 3.43. The van der Waals surface area contributed by atoms with Gasteiger partial charge in [0.1, 0.15) is 18.1 Å². The first kappa shape index (κ1) is 20.6. The van der Waals surface area contributed by atoms with Crippen molar-refractivity contribution in [2.24, 2.45) is 4.99 Å². The van der Waals surface area contributed by atoms with E-state index in [1.165, 1.54) is 0 Å². The van der Waals surface area contributed by atoms with Gasteiger partial charge in [-0.05, 0) is 36.2 Å². The van der Waals surface area contributed by atoms with E-state index < -0.39 is 0 Å². The van der Waals surface area contributed by atoms with E-state index in [9.17, 15) is 0 Å². The lowest BCUT2D eigenvalue weighted by Gasteiger charge is -2.13. The molecule has 2 aromatic rings. The predicted octanol–water partition coefficient (Wildman–Crippen LogP) is 2.85. The van der Waals surface area contributed by atoms with Crippen molar-refractivity contribution in [1.82, 2.24) is 10.6 Å². The molecular formula is C21H29N3O3. The van der Waals surface area contributed by atoms with Gasteiger partial charge in [0.05, 0.1) is 13.2 Å². The van der Waals surface area contributed by atoms with Crippen LogP contribution in [0.2, 0.25) is 0 Å². The third-order valence-corrected chi connectivity index (χ3v) is 3.79. The van der Waals surface area contributed by atoms with E-state index in [0.717, 1.165) is 36.0 Å². The first-order valence-electron chi connectivity index (χ1n) is 9.15. The molecule has 0 unspecified atom stereocenters. The molecule has 0 aromatic heterocycles. The van der Waals surface area contributed by atoms with Gasteiger partial charge in [0.15, 0.2) is 5.96 Å². The third kappa shape index (κ3) is 8.46. The van der Waals surface area contributed by atoms with E-state index >= 15 is 0 Å². The Labute approximate surface area is 161 Å². The van der Waals surface area contributed by atoms with Crippen molar-refractivity contribution in [3.63, 3.8) is 0 Å². The van der Waals surface area contributed by atoms with Gasteiger partial charge in [-0.25, -0.2) is 0 Å². The number of para-hydroxylation sites is 1. The van der Waals surface area contributed by atoms with E-state index in [0.29, 0.717) is 26.4 Å². The molecule has 0 saturated carbocycles. The van der Waals surface area contributed by atoms with Gasteiger partial charge in [0.25, 0.3) is 0 Å². The Morgan fingerprint density at radius 2 is 1.56 bits per heavy atom. The first-order chi connectivity index (χ1) is 13.3. The van der Waals surface area contributed by atoms with Crippen LogP contribution in [0.15, 0.2) is 59.6 Å². The van der Waals surface area contributed by atoms with E-state index in [-0.39, 0.29) is 0 Å². The Morgan fingerprint density at radius 3 is 2.26 bits per heavy atom. The Morgan fingerprint density at radius 1 is 0.852 bits per heavy atom. The second-order valence-electron chi connectivity index (χ2n) is 5.85. The number of aliphatic imine (C=N–C) groups is 1. The number of benzene rings is 2. The van der Waals surface area contributed by atoms with Gasteiger partial charge in [-0.3, -0.25) is 4.99 Å². The van der Waals surface area contributed by atoms with Gasteiger partial charge in [0.2, 0.25) is 0 Å². The molecule has 0 aliphatic heterocycles. The summed E-state index contributed by atoms with van der Waals surface area (Å²) in [5.41, 5.74) is 1.16. The summed E-state index contributed by atoms with van der Waals surface area (Å²) >= 11 is 0. The lowest BCUT2D eigenvalue weighted by Crippen LogP contribution is -2.37. The van der Waals surface area contributed by atoms with E-state index in [1.807, 2.05) is 54.6 Å². The Balaban J connectivity index is 1.62. The Kier molecular flexibility index (Phi) is 9.60. The van der Waals surface area contributed by atoms with Gasteiger partial charge >= 0.3 is 0 Å². The van der Waals surface area contributed by atoms with Gasteiger partial charge < -0.3 is 24.8 Å². The molecule has 2 rings (SSSR count). The minimum atomic E-state index is 0.554. The monoisotopic (exact) mass is 371 g/mol. The van der Waals surface area contributed by atoms with Crippen molar-refractivity contribution in [2.75, 3.05) is 40.5 Å². The molecule has 0 heterocycles. The molecular weight excluding hydrogens is 342 g/mol. The van der Waals surface area contributed by atoms with Crippen molar-refractivity contribution in [2.45, 2.75) is 13.0 Å². The van der Waals surface area contributed by atoms with Crippen LogP contribution < -0.4 is 20.1 Å². The van der Waals surface area contributed by atoms with Crippen LogP contribution in [0.4, 0.5) is 0 Å². The van der Waals surface area contributed by atoms with Crippen molar-refractivity contribution in [3.8, 4) is 11.5 Å². The quantitative estimate of drug-likeness (QED) is 0.361. The van der Waals surface area contributed by atoms with E-state index in [2.05, 4.69) is 15.6 Å². The highest BCUT2D eigenvalue weighted by Gasteiger charge is 2.00. The van der Waals surface area contributed by atoms with Crippen molar-refractivity contribution in [1.29, 1.82) is 0 Å². The number of hydrogen-bond donors (Lipinski definition) is 2. The van der Waals surface area contributed by atoms with Crippen LogP contribution in [-0.4, -0.2) is 46.5 Å². The third-order valence-electron chi connectivity index (χ3n) is 3.79. The second kappa shape index (κ2) is 12.6. The molecule has 0 atom stereocenters.